The maximum atomic E-state index is 12.0. The number of rotatable bonds is 10. The van der Waals surface area contributed by atoms with Crippen molar-refractivity contribution in [2.75, 3.05) is 17.2 Å². The van der Waals surface area contributed by atoms with Gasteiger partial charge in [0.15, 0.2) is 0 Å². The molecule has 0 heterocycles. The smallest absolute Gasteiger partial charge is 0.338 e. The van der Waals surface area contributed by atoms with E-state index in [2.05, 4.69) is 10.6 Å². The monoisotopic (exact) mass is 348 g/mol. The quantitative estimate of drug-likeness (QED) is 0.623. The van der Waals surface area contributed by atoms with E-state index >= 15 is 0 Å². The van der Waals surface area contributed by atoms with E-state index in [1.165, 1.54) is 6.07 Å². The third-order valence-corrected chi connectivity index (χ3v) is 3.59. The van der Waals surface area contributed by atoms with Crippen molar-refractivity contribution < 1.29 is 19.1 Å². The highest BCUT2D eigenvalue weighted by molar-refractivity contribution is 6.01. The first-order valence-corrected chi connectivity index (χ1v) is 8.92. The molecule has 2 N–H and O–H groups in total. The van der Waals surface area contributed by atoms with E-state index in [4.69, 9.17) is 4.74 Å². The fraction of sp³-hybridized carbons (Fsp3) is 0.526. The van der Waals surface area contributed by atoms with Crippen LogP contribution in [0.1, 0.15) is 69.7 Å². The Hall–Kier alpha value is -2.37. The molecule has 0 spiro atoms. The van der Waals surface area contributed by atoms with Crippen molar-refractivity contribution in [1.82, 2.24) is 0 Å². The maximum Gasteiger partial charge on any atom is 0.338 e. The zero-order chi connectivity index (χ0) is 18.7. The van der Waals surface area contributed by atoms with Crippen LogP contribution >= 0.6 is 0 Å². The first kappa shape index (κ1) is 20.7. The number of benzene rings is 1. The van der Waals surface area contributed by atoms with Crippen molar-refractivity contribution >= 4 is 29.2 Å². The normalized spacial score (nSPS) is 10.2. The molecule has 0 saturated carbocycles. The lowest BCUT2D eigenvalue weighted by Crippen LogP contribution is -2.17. The fourth-order valence-corrected chi connectivity index (χ4v) is 2.20. The molecule has 1 aromatic rings. The van der Waals surface area contributed by atoms with Gasteiger partial charge in [-0.05, 0) is 38.0 Å². The second-order valence-electron chi connectivity index (χ2n) is 5.78. The summed E-state index contributed by atoms with van der Waals surface area (Å²) in [6, 6.07) is 4.73. The summed E-state index contributed by atoms with van der Waals surface area (Å²) >= 11 is 0. The average Bonchev–Trinajstić information content (AvgIpc) is 2.59. The van der Waals surface area contributed by atoms with Crippen LogP contribution in [0.25, 0.3) is 0 Å². The molecule has 25 heavy (non-hydrogen) atoms. The molecular weight excluding hydrogens is 320 g/mol. The maximum absolute atomic E-state index is 12.0. The van der Waals surface area contributed by atoms with Gasteiger partial charge in [-0.3, -0.25) is 9.59 Å². The summed E-state index contributed by atoms with van der Waals surface area (Å²) in [7, 11) is 0. The average molecular weight is 348 g/mol. The number of unbranched alkanes of at least 4 members (excludes halogenated alkanes) is 2. The molecule has 0 aliphatic carbocycles. The number of carbonyl (C=O) groups excluding carboxylic acids is 3. The topological polar surface area (TPSA) is 84.5 Å². The lowest BCUT2D eigenvalue weighted by atomic mass is 10.1. The molecule has 6 nitrogen and oxygen atoms in total. The molecule has 0 fully saturated rings. The summed E-state index contributed by atoms with van der Waals surface area (Å²) in [4.78, 5) is 35.9. The molecule has 6 heteroatoms. The lowest BCUT2D eigenvalue weighted by Gasteiger charge is -2.14. The van der Waals surface area contributed by atoms with E-state index in [9.17, 15) is 14.4 Å². The summed E-state index contributed by atoms with van der Waals surface area (Å²) in [5, 5.41) is 5.58. The van der Waals surface area contributed by atoms with Crippen molar-refractivity contribution in [1.29, 1.82) is 0 Å². The Bertz CT molecular complexity index is 599. The Morgan fingerprint density at radius 1 is 0.880 bits per heavy atom. The summed E-state index contributed by atoms with van der Waals surface area (Å²) in [6.07, 6.45) is 4.22. The van der Waals surface area contributed by atoms with E-state index in [1.807, 2.05) is 13.8 Å². The molecular formula is C19H28N2O4. The minimum atomic E-state index is -0.463. The second-order valence-corrected chi connectivity index (χ2v) is 5.78. The van der Waals surface area contributed by atoms with Gasteiger partial charge in [-0.15, -0.1) is 0 Å². The Kier molecular flexibility index (Phi) is 9.29. The van der Waals surface area contributed by atoms with Gasteiger partial charge in [-0.25, -0.2) is 4.79 Å². The number of ether oxygens (including phenoxy) is 1. The van der Waals surface area contributed by atoms with Gasteiger partial charge < -0.3 is 15.4 Å². The Labute approximate surface area is 149 Å². The lowest BCUT2D eigenvalue weighted by molar-refractivity contribution is -0.117. The highest BCUT2D eigenvalue weighted by Crippen LogP contribution is 2.25. The molecule has 0 aromatic heterocycles. The Morgan fingerprint density at radius 3 is 1.96 bits per heavy atom. The minimum Gasteiger partial charge on any atom is -0.462 e. The van der Waals surface area contributed by atoms with E-state index in [0.29, 0.717) is 29.8 Å². The summed E-state index contributed by atoms with van der Waals surface area (Å²) in [5.41, 5.74) is 1.23. The van der Waals surface area contributed by atoms with Crippen LogP contribution in [0.2, 0.25) is 0 Å². The predicted octanol–water partition coefficient (Wildman–Crippen LogP) is 4.12. The molecule has 0 aliphatic heterocycles. The summed E-state index contributed by atoms with van der Waals surface area (Å²) in [5.74, 6) is -0.725. The van der Waals surface area contributed by atoms with Crippen LogP contribution in [0.3, 0.4) is 0 Å². The molecule has 0 aliphatic rings. The van der Waals surface area contributed by atoms with Gasteiger partial charge in [0.2, 0.25) is 11.8 Å². The Morgan fingerprint density at radius 2 is 1.44 bits per heavy atom. The van der Waals surface area contributed by atoms with Gasteiger partial charge in [0.25, 0.3) is 0 Å². The molecule has 1 rings (SSSR count). The van der Waals surface area contributed by atoms with Crippen molar-refractivity contribution in [3.63, 3.8) is 0 Å². The molecule has 2 amide bonds. The standard InChI is InChI=1S/C19H28N2O4/c1-4-7-9-17(22)20-15-12-11-14(19(24)25-6-3)13-16(15)21-18(23)10-8-5-2/h11-13H,4-10H2,1-3H3,(H,20,22)(H,21,23). The van der Waals surface area contributed by atoms with Gasteiger partial charge in [0, 0.05) is 12.8 Å². The SMILES string of the molecule is CCCCC(=O)Nc1ccc(C(=O)OCC)cc1NC(=O)CCCC. The van der Waals surface area contributed by atoms with Gasteiger partial charge >= 0.3 is 5.97 Å². The second kappa shape index (κ2) is 11.2. The summed E-state index contributed by atoms with van der Waals surface area (Å²) in [6.45, 7) is 6.02. The van der Waals surface area contributed by atoms with Crippen LogP contribution in [0.5, 0.6) is 0 Å². The Balaban J connectivity index is 2.98. The first-order chi connectivity index (χ1) is 12.0. The third kappa shape index (κ3) is 7.37. The van der Waals surface area contributed by atoms with E-state index in [-0.39, 0.29) is 18.4 Å². The van der Waals surface area contributed by atoms with Crippen LogP contribution in [0, 0.1) is 0 Å². The number of nitrogens with one attached hydrogen (secondary N) is 2. The van der Waals surface area contributed by atoms with Crippen molar-refractivity contribution in [3.05, 3.63) is 23.8 Å². The zero-order valence-corrected chi connectivity index (χ0v) is 15.3. The van der Waals surface area contributed by atoms with Crippen molar-refractivity contribution in [3.8, 4) is 0 Å². The van der Waals surface area contributed by atoms with Crippen molar-refractivity contribution in [2.45, 2.75) is 59.3 Å². The zero-order valence-electron chi connectivity index (χ0n) is 15.3. The highest BCUT2D eigenvalue weighted by atomic mass is 16.5. The van der Waals surface area contributed by atoms with E-state index < -0.39 is 5.97 Å². The minimum absolute atomic E-state index is 0.116. The van der Waals surface area contributed by atoms with Crippen molar-refractivity contribution in [2.24, 2.45) is 0 Å². The molecule has 0 atom stereocenters. The number of carbonyl (C=O) groups is 3. The third-order valence-electron chi connectivity index (χ3n) is 3.59. The number of anilines is 2. The van der Waals surface area contributed by atoms with Crippen LogP contribution < -0.4 is 10.6 Å². The molecule has 0 bridgehead atoms. The fourth-order valence-electron chi connectivity index (χ4n) is 2.20. The summed E-state index contributed by atoms with van der Waals surface area (Å²) < 4.78 is 4.99. The molecule has 0 saturated heterocycles. The predicted molar refractivity (Wildman–Crippen MR) is 98.7 cm³/mol. The molecule has 0 unspecified atom stereocenters. The number of hydrogen-bond acceptors (Lipinski definition) is 4. The van der Waals surface area contributed by atoms with E-state index in [1.54, 1.807) is 19.1 Å². The van der Waals surface area contributed by atoms with Crippen LogP contribution in [0.4, 0.5) is 11.4 Å². The largest absolute Gasteiger partial charge is 0.462 e. The van der Waals surface area contributed by atoms with Gasteiger partial charge in [0.1, 0.15) is 0 Å². The van der Waals surface area contributed by atoms with Crippen LogP contribution in [-0.4, -0.2) is 24.4 Å². The molecule has 138 valence electrons. The van der Waals surface area contributed by atoms with Gasteiger partial charge in [-0.1, -0.05) is 26.7 Å². The number of esters is 1. The first-order valence-electron chi connectivity index (χ1n) is 8.92. The van der Waals surface area contributed by atoms with Gasteiger partial charge in [-0.2, -0.15) is 0 Å². The highest BCUT2D eigenvalue weighted by Gasteiger charge is 2.14. The van der Waals surface area contributed by atoms with Crippen LogP contribution in [-0.2, 0) is 14.3 Å². The molecule has 1 aromatic carbocycles. The molecule has 0 radical (unpaired) electrons. The van der Waals surface area contributed by atoms with Crippen LogP contribution in [0.15, 0.2) is 18.2 Å². The van der Waals surface area contributed by atoms with E-state index in [0.717, 1.165) is 25.7 Å². The number of hydrogen-bond donors (Lipinski definition) is 2. The van der Waals surface area contributed by atoms with Gasteiger partial charge in [0.05, 0.1) is 23.5 Å². The number of amides is 2.